The van der Waals surface area contributed by atoms with Gasteiger partial charge in [0.1, 0.15) is 0 Å². The highest BCUT2D eigenvalue weighted by Gasteiger charge is 2.68. The van der Waals surface area contributed by atoms with Gasteiger partial charge in [-0.25, -0.2) is 0 Å². The molecule has 6 aliphatic rings. The summed E-state index contributed by atoms with van der Waals surface area (Å²) in [5.41, 5.74) is 2.51. The first-order valence-electron chi connectivity index (χ1n) is 12.6. The van der Waals surface area contributed by atoms with E-state index in [2.05, 4.69) is 45.9 Å². The Morgan fingerprint density at radius 1 is 1.03 bits per heavy atom. The van der Waals surface area contributed by atoms with E-state index >= 15 is 0 Å². The molecule has 10 atom stereocenters. The maximum Gasteiger partial charge on any atom is 0.171 e. The summed E-state index contributed by atoms with van der Waals surface area (Å²) < 4.78 is 13.4. The molecule has 4 fully saturated rings. The van der Waals surface area contributed by atoms with Crippen molar-refractivity contribution in [1.82, 2.24) is 0 Å². The number of ether oxygens (including phenoxy) is 2. The van der Waals surface area contributed by atoms with Crippen molar-refractivity contribution in [3.8, 4) is 0 Å². The summed E-state index contributed by atoms with van der Waals surface area (Å²) in [4.78, 5) is 0. The van der Waals surface area contributed by atoms with Crippen LogP contribution < -0.4 is 0 Å². The van der Waals surface area contributed by atoms with Gasteiger partial charge in [0.2, 0.25) is 0 Å². The maximum atomic E-state index is 6.89. The lowest BCUT2D eigenvalue weighted by Gasteiger charge is -2.57. The van der Waals surface area contributed by atoms with Crippen LogP contribution in [0.4, 0.5) is 0 Å². The Labute approximate surface area is 177 Å². The molecule has 29 heavy (non-hydrogen) atoms. The van der Waals surface area contributed by atoms with Crippen LogP contribution in [0.15, 0.2) is 23.8 Å². The van der Waals surface area contributed by atoms with E-state index in [1.807, 2.05) is 0 Å². The summed E-state index contributed by atoms with van der Waals surface area (Å²) in [5, 5.41) is 0. The highest BCUT2D eigenvalue weighted by molar-refractivity contribution is 5.34. The first-order valence-corrected chi connectivity index (χ1v) is 12.6. The van der Waals surface area contributed by atoms with Gasteiger partial charge in [0, 0.05) is 12.3 Å². The SMILES string of the molecule is C[C@H]1CC[C@@]2(OC1)O[C@H]1C[C@H]3[C@@H]4CC=C5C=CCC[C@]5(C)[C@H]4CC[C@]3(C)[C@H]1[C@@H]2C. The van der Waals surface area contributed by atoms with Crippen LogP contribution in [-0.2, 0) is 9.47 Å². The number of allylic oxidation sites excluding steroid dienone is 4. The largest absolute Gasteiger partial charge is 0.349 e. The van der Waals surface area contributed by atoms with Crippen molar-refractivity contribution in [2.45, 2.75) is 91.0 Å². The first kappa shape index (κ1) is 19.1. The van der Waals surface area contributed by atoms with Crippen LogP contribution in [0.25, 0.3) is 0 Å². The van der Waals surface area contributed by atoms with E-state index in [9.17, 15) is 0 Å². The summed E-state index contributed by atoms with van der Waals surface area (Å²) >= 11 is 0. The Morgan fingerprint density at radius 2 is 1.90 bits per heavy atom. The number of rotatable bonds is 0. The standard InChI is InChI=1S/C27H40O2/c1-17-10-14-27(28-16-17)18(2)24-23(29-27)15-22-20-9-8-19-7-5-6-12-25(19,3)21(20)11-13-26(22,24)4/h5,7-8,17-18,20-24H,6,9-16H2,1-4H3/t17-,18-,20+,21-,22-,23-,24-,25-,26-,27+/m0/s1. The minimum absolute atomic E-state index is 0.271. The van der Waals surface area contributed by atoms with Crippen LogP contribution in [0, 0.1) is 46.3 Å². The van der Waals surface area contributed by atoms with Crippen molar-refractivity contribution < 1.29 is 9.47 Å². The lowest BCUT2D eigenvalue weighted by Crippen LogP contribution is -2.51. The van der Waals surface area contributed by atoms with Gasteiger partial charge in [0.05, 0.1) is 12.7 Å². The predicted octanol–water partition coefficient (Wildman–Crippen LogP) is 6.52. The van der Waals surface area contributed by atoms with E-state index in [0.29, 0.717) is 34.7 Å². The van der Waals surface area contributed by atoms with Gasteiger partial charge >= 0.3 is 0 Å². The smallest absolute Gasteiger partial charge is 0.171 e. The zero-order chi connectivity index (χ0) is 20.0. The number of hydrogen-bond donors (Lipinski definition) is 0. The van der Waals surface area contributed by atoms with Gasteiger partial charge in [-0.1, -0.05) is 45.9 Å². The monoisotopic (exact) mass is 396 g/mol. The van der Waals surface area contributed by atoms with Gasteiger partial charge in [-0.05, 0) is 90.9 Å². The van der Waals surface area contributed by atoms with Gasteiger partial charge in [0.15, 0.2) is 5.79 Å². The Hall–Kier alpha value is -0.600. The minimum Gasteiger partial charge on any atom is -0.349 e. The third-order valence-corrected chi connectivity index (χ3v) is 10.9. The minimum atomic E-state index is -0.271. The van der Waals surface area contributed by atoms with E-state index in [4.69, 9.17) is 9.47 Å². The van der Waals surface area contributed by atoms with E-state index in [1.54, 1.807) is 5.57 Å². The fourth-order valence-corrected chi connectivity index (χ4v) is 9.32. The van der Waals surface area contributed by atoms with Gasteiger partial charge in [-0.3, -0.25) is 0 Å². The van der Waals surface area contributed by atoms with Crippen molar-refractivity contribution in [3.05, 3.63) is 23.8 Å². The topological polar surface area (TPSA) is 18.5 Å². The third-order valence-electron chi connectivity index (χ3n) is 10.9. The van der Waals surface area contributed by atoms with Crippen molar-refractivity contribution in [2.24, 2.45) is 46.3 Å². The highest BCUT2D eigenvalue weighted by atomic mass is 16.7. The molecule has 2 aliphatic heterocycles. The lowest BCUT2D eigenvalue weighted by molar-refractivity contribution is -0.272. The molecule has 6 rings (SSSR count). The Morgan fingerprint density at radius 3 is 2.69 bits per heavy atom. The molecule has 160 valence electrons. The number of fused-ring (bicyclic) bond motifs is 7. The number of hydrogen-bond acceptors (Lipinski definition) is 2. The van der Waals surface area contributed by atoms with Crippen molar-refractivity contribution >= 4 is 0 Å². The Bertz CT molecular complexity index is 744. The summed E-state index contributed by atoms with van der Waals surface area (Å²) in [6.45, 7) is 10.9. The summed E-state index contributed by atoms with van der Waals surface area (Å²) in [7, 11) is 0. The molecular formula is C27H40O2. The summed E-state index contributed by atoms with van der Waals surface area (Å²) in [6, 6.07) is 0. The van der Waals surface area contributed by atoms with Gasteiger partial charge in [-0.2, -0.15) is 0 Å². The highest BCUT2D eigenvalue weighted by Crippen LogP contribution is 2.70. The molecule has 4 aliphatic carbocycles. The average Bonchev–Trinajstić information content (AvgIpc) is 3.15. The molecule has 2 nitrogen and oxygen atoms in total. The predicted molar refractivity (Wildman–Crippen MR) is 116 cm³/mol. The van der Waals surface area contributed by atoms with Crippen LogP contribution in [0.1, 0.15) is 79.1 Å². The first-order chi connectivity index (χ1) is 13.9. The molecule has 0 aromatic carbocycles. The molecule has 0 N–H and O–H groups in total. The Balaban J connectivity index is 1.30. The molecule has 1 spiro atoms. The average molecular weight is 397 g/mol. The van der Waals surface area contributed by atoms with Gasteiger partial charge in [-0.15, -0.1) is 0 Å². The van der Waals surface area contributed by atoms with Crippen molar-refractivity contribution in [3.63, 3.8) is 0 Å². The van der Waals surface area contributed by atoms with Crippen LogP contribution in [0.3, 0.4) is 0 Å². The van der Waals surface area contributed by atoms with Crippen LogP contribution >= 0.6 is 0 Å². The van der Waals surface area contributed by atoms with Crippen molar-refractivity contribution in [2.75, 3.05) is 6.61 Å². The van der Waals surface area contributed by atoms with E-state index in [-0.39, 0.29) is 5.79 Å². The van der Waals surface area contributed by atoms with E-state index in [1.165, 1.54) is 44.9 Å². The van der Waals surface area contributed by atoms with Crippen LogP contribution in [0.5, 0.6) is 0 Å². The fourth-order valence-electron chi connectivity index (χ4n) is 9.32. The molecule has 0 radical (unpaired) electrons. The fraction of sp³-hybridized carbons (Fsp3) is 0.852. The molecule has 0 aromatic heterocycles. The van der Waals surface area contributed by atoms with Crippen LogP contribution in [-0.4, -0.2) is 18.5 Å². The molecular weight excluding hydrogens is 356 g/mol. The van der Waals surface area contributed by atoms with Gasteiger partial charge in [0.25, 0.3) is 0 Å². The molecule has 0 bridgehead atoms. The van der Waals surface area contributed by atoms with Gasteiger partial charge < -0.3 is 9.47 Å². The third kappa shape index (κ3) is 2.42. The normalized spacial score (nSPS) is 58.3. The zero-order valence-corrected chi connectivity index (χ0v) is 19.0. The lowest BCUT2D eigenvalue weighted by atomic mass is 9.47. The van der Waals surface area contributed by atoms with E-state index < -0.39 is 0 Å². The molecule has 0 unspecified atom stereocenters. The molecule has 2 heterocycles. The molecule has 2 saturated heterocycles. The second kappa shape index (κ2) is 6.22. The quantitative estimate of drug-likeness (QED) is 0.464. The molecule has 0 amide bonds. The Kier molecular flexibility index (Phi) is 4.10. The summed E-state index contributed by atoms with van der Waals surface area (Å²) in [5.74, 6) is 4.20. The molecule has 2 heteroatoms. The zero-order valence-electron chi connectivity index (χ0n) is 19.0. The molecule has 0 aromatic rings. The maximum absolute atomic E-state index is 6.89. The van der Waals surface area contributed by atoms with Crippen LogP contribution in [0.2, 0.25) is 0 Å². The second-order valence-electron chi connectivity index (χ2n) is 12.1. The van der Waals surface area contributed by atoms with Crippen molar-refractivity contribution in [1.29, 1.82) is 0 Å². The molecule has 2 saturated carbocycles. The second-order valence-corrected chi connectivity index (χ2v) is 12.1. The van der Waals surface area contributed by atoms with E-state index in [0.717, 1.165) is 30.8 Å². The summed E-state index contributed by atoms with van der Waals surface area (Å²) in [6.07, 6.45) is 18.3.